The Morgan fingerprint density at radius 2 is 1.86 bits per heavy atom. The third-order valence-corrected chi connectivity index (χ3v) is 6.54. The number of benzene rings is 1. The summed E-state index contributed by atoms with van der Waals surface area (Å²) in [4.78, 5) is 0.00852. The first-order valence-corrected chi connectivity index (χ1v) is 9.25. The second-order valence-corrected chi connectivity index (χ2v) is 7.70. The van der Waals surface area contributed by atoms with Gasteiger partial charge in [-0.3, -0.25) is 0 Å². The molecule has 0 saturated heterocycles. The molecule has 0 aliphatic rings. The second-order valence-electron chi connectivity index (χ2n) is 4.94. The molecule has 0 unspecified atom stereocenters. The van der Waals surface area contributed by atoms with Crippen LogP contribution in [-0.4, -0.2) is 25.8 Å². The first-order valence-electron chi connectivity index (χ1n) is 7.02. The van der Waals surface area contributed by atoms with Crippen LogP contribution in [0.5, 0.6) is 0 Å². The first-order chi connectivity index (χ1) is 9.77. The summed E-state index contributed by atoms with van der Waals surface area (Å²) < 4.78 is 40.5. The average molecular weight is 381 g/mol. The van der Waals surface area contributed by atoms with Gasteiger partial charge in [-0.05, 0) is 34.0 Å². The monoisotopic (exact) mass is 380 g/mol. The molecule has 120 valence electrons. The van der Waals surface area contributed by atoms with E-state index >= 15 is 0 Å². The van der Waals surface area contributed by atoms with Crippen molar-refractivity contribution in [2.75, 3.05) is 18.8 Å². The van der Waals surface area contributed by atoms with Gasteiger partial charge in [-0.2, -0.15) is 4.31 Å². The fraction of sp³-hybridized carbons (Fsp3) is 0.571. The van der Waals surface area contributed by atoms with Crippen molar-refractivity contribution in [2.24, 2.45) is 5.92 Å². The number of hydrogen-bond donors (Lipinski definition) is 1. The van der Waals surface area contributed by atoms with Crippen molar-refractivity contribution in [2.45, 2.75) is 38.5 Å². The molecule has 0 radical (unpaired) electrons. The largest absolute Gasteiger partial charge is 0.396 e. The fourth-order valence-corrected chi connectivity index (χ4v) is 4.65. The smallest absolute Gasteiger partial charge is 0.244 e. The van der Waals surface area contributed by atoms with E-state index < -0.39 is 15.8 Å². The van der Waals surface area contributed by atoms with E-state index in [9.17, 15) is 12.8 Å². The molecule has 7 heteroatoms. The van der Waals surface area contributed by atoms with Crippen molar-refractivity contribution in [3.05, 3.63) is 22.4 Å². The maximum absolute atomic E-state index is 13.4. The van der Waals surface area contributed by atoms with Gasteiger partial charge in [-0.25, -0.2) is 12.8 Å². The van der Waals surface area contributed by atoms with Gasteiger partial charge in [-0.15, -0.1) is 0 Å². The van der Waals surface area contributed by atoms with E-state index in [0.717, 1.165) is 18.9 Å². The number of nitrogen functional groups attached to an aromatic ring is 1. The zero-order valence-electron chi connectivity index (χ0n) is 12.6. The van der Waals surface area contributed by atoms with Crippen LogP contribution >= 0.6 is 15.9 Å². The van der Waals surface area contributed by atoms with Gasteiger partial charge in [0.15, 0.2) is 0 Å². The van der Waals surface area contributed by atoms with Crippen LogP contribution in [-0.2, 0) is 10.0 Å². The van der Waals surface area contributed by atoms with E-state index in [0.29, 0.717) is 19.0 Å². The minimum absolute atomic E-state index is 0.00852. The number of anilines is 1. The average Bonchev–Trinajstić information content (AvgIpc) is 2.43. The molecule has 0 aromatic heterocycles. The Morgan fingerprint density at radius 1 is 1.29 bits per heavy atom. The lowest BCUT2D eigenvalue weighted by atomic mass is 10.0. The molecule has 0 atom stereocenters. The SMILES string of the molecule is CCC(CC)CN(CC)S(=O)(=O)c1cc(N)c(F)cc1Br. The highest BCUT2D eigenvalue weighted by Gasteiger charge is 2.27. The van der Waals surface area contributed by atoms with Crippen LogP contribution in [0.2, 0.25) is 0 Å². The minimum atomic E-state index is -3.70. The van der Waals surface area contributed by atoms with Crippen LogP contribution in [0.4, 0.5) is 10.1 Å². The molecule has 0 aliphatic heterocycles. The molecule has 0 saturated carbocycles. The third-order valence-electron chi connectivity index (χ3n) is 3.64. The van der Waals surface area contributed by atoms with Crippen molar-refractivity contribution in [3.63, 3.8) is 0 Å². The van der Waals surface area contributed by atoms with E-state index in [4.69, 9.17) is 5.73 Å². The van der Waals surface area contributed by atoms with Gasteiger partial charge in [-0.1, -0.05) is 33.6 Å². The summed E-state index contributed by atoms with van der Waals surface area (Å²) in [7, 11) is -3.70. The Labute approximate surface area is 134 Å². The van der Waals surface area contributed by atoms with Crippen LogP contribution in [0.15, 0.2) is 21.5 Å². The molecule has 1 rings (SSSR count). The van der Waals surface area contributed by atoms with Gasteiger partial charge in [0.1, 0.15) is 5.82 Å². The lowest BCUT2D eigenvalue weighted by molar-refractivity contribution is 0.339. The summed E-state index contributed by atoms with van der Waals surface area (Å²) in [6.45, 7) is 6.69. The van der Waals surface area contributed by atoms with Gasteiger partial charge in [0.2, 0.25) is 10.0 Å². The molecule has 2 N–H and O–H groups in total. The molecular weight excluding hydrogens is 359 g/mol. The van der Waals surface area contributed by atoms with Gasteiger partial charge < -0.3 is 5.73 Å². The van der Waals surface area contributed by atoms with Crippen LogP contribution in [0.3, 0.4) is 0 Å². The Morgan fingerprint density at radius 3 is 2.33 bits per heavy atom. The predicted octanol–water partition coefficient (Wildman–Crippen LogP) is 3.62. The quantitative estimate of drug-likeness (QED) is 0.734. The Bertz CT molecular complexity index is 589. The first kappa shape index (κ1) is 18.4. The lowest BCUT2D eigenvalue weighted by Gasteiger charge is -2.25. The van der Waals surface area contributed by atoms with Gasteiger partial charge in [0, 0.05) is 17.6 Å². The van der Waals surface area contributed by atoms with E-state index in [1.165, 1.54) is 10.4 Å². The normalized spacial score (nSPS) is 12.3. The van der Waals surface area contributed by atoms with E-state index in [2.05, 4.69) is 15.9 Å². The predicted molar refractivity (Wildman–Crippen MR) is 87.0 cm³/mol. The number of rotatable bonds is 7. The fourth-order valence-electron chi connectivity index (χ4n) is 2.11. The maximum Gasteiger partial charge on any atom is 0.244 e. The number of sulfonamides is 1. The standard InChI is InChI=1S/C14H22BrFN2O2S/c1-4-10(5-2)9-18(6-3)21(19,20)14-8-13(17)12(16)7-11(14)15/h7-8,10H,4-6,9,17H2,1-3H3. The molecule has 21 heavy (non-hydrogen) atoms. The van der Waals surface area contributed by atoms with Crippen molar-refractivity contribution in [3.8, 4) is 0 Å². The lowest BCUT2D eigenvalue weighted by Crippen LogP contribution is -2.35. The van der Waals surface area contributed by atoms with E-state index in [1.807, 2.05) is 13.8 Å². The van der Waals surface area contributed by atoms with Crippen molar-refractivity contribution < 1.29 is 12.8 Å². The topological polar surface area (TPSA) is 63.4 Å². The maximum atomic E-state index is 13.4. The molecule has 0 aliphatic carbocycles. The summed E-state index contributed by atoms with van der Waals surface area (Å²) in [5.41, 5.74) is 5.33. The summed E-state index contributed by atoms with van der Waals surface area (Å²) in [6, 6.07) is 2.26. The van der Waals surface area contributed by atoms with Crippen LogP contribution in [0, 0.1) is 11.7 Å². The van der Waals surface area contributed by atoms with Crippen LogP contribution < -0.4 is 5.73 Å². The van der Waals surface area contributed by atoms with E-state index in [-0.39, 0.29) is 15.1 Å². The highest BCUT2D eigenvalue weighted by Crippen LogP contribution is 2.29. The van der Waals surface area contributed by atoms with E-state index in [1.54, 1.807) is 6.92 Å². The molecule has 0 fully saturated rings. The Kier molecular flexibility index (Phi) is 6.62. The van der Waals surface area contributed by atoms with Crippen LogP contribution in [0.25, 0.3) is 0 Å². The molecule has 1 aromatic rings. The van der Waals surface area contributed by atoms with Gasteiger partial charge >= 0.3 is 0 Å². The highest BCUT2D eigenvalue weighted by atomic mass is 79.9. The van der Waals surface area contributed by atoms with Gasteiger partial charge in [0.05, 0.1) is 10.6 Å². The number of halogens is 2. The van der Waals surface area contributed by atoms with Crippen molar-refractivity contribution in [1.82, 2.24) is 4.31 Å². The molecule has 4 nitrogen and oxygen atoms in total. The molecule has 1 aromatic carbocycles. The molecule has 0 spiro atoms. The third kappa shape index (κ3) is 4.17. The molecule has 0 amide bonds. The number of nitrogens with two attached hydrogens (primary N) is 1. The zero-order chi connectivity index (χ0) is 16.2. The zero-order valence-corrected chi connectivity index (χ0v) is 15.0. The van der Waals surface area contributed by atoms with Crippen LogP contribution in [0.1, 0.15) is 33.6 Å². The van der Waals surface area contributed by atoms with Gasteiger partial charge in [0.25, 0.3) is 0 Å². The number of hydrogen-bond acceptors (Lipinski definition) is 3. The molecule has 0 heterocycles. The summed E-state index contributed by atoms with van der Waals surface area (Å²) in [5.74, 6) is -0.333. The van der Waals surface area contributed by atoms with Crippen molar-refractivity contribution >= 4 is 31.6 Å². The second kappa shape index (κ2) is 7.56. The minimum Gasteiger partial charge on any atom is -0.396 e. The summed E-state index contributed by atoms with van der Waals surface area (Å²) >= 11 is 3.11. The Hall–Kier alpha value is -0.660. The number of nitrogens with zero attached hydrogens (tertiary/aromatic N) is 1. The summed E-state index contributed by atoms with van der Waals surface area (Å²) in [6.07, 6.45) is 1.82. The molecular formula is C14H22BrFN2O2S. The summed E-state index contributed by atoms with van der Waals surface area (Å²) in [5, 5.41) is 0. The Balaban J connectivity index is 3.22. The highest BCUT2D eigenvalue weighted by molar-refractivity contribution is 9.10. The molecule has 0 bridgehead atoms. The van der Waals surface area contributed by atoms with Crippen molar-refractivity contribution in [1.29, 1.82) is 0 Å².